The van der Waals surface area contributed by atoms with Gasteiger partial charge in [0.2, 0.25) is 11.8 Å². The van der Waals surface area contributed by atoms with Gasteiger partial charge in [-0.25, -0.2) is 14.4 Å². The molecule has 2 aromatic heterocycles. The number of ketones is 1. The second-order valence-corrected chi connectivity index (χ2v) is 9.81. The summed E-state index contributed by atoms with van der Waals surface area (Å²) < 4.78 is 16.1. The summed E-state index contributed by atoms with van der Waals surface area (Å²) in [6.07, 6.45) is 3.65. The Morgan fingerprint density at radius 3 is 2.58 bits per heavy atom. The van der Waals surface area contributed by atoms with Gasteiger partial charge in [0.15, 0.2) is 5.78 Å². The van der Waals surface area contributed by atoms with E-state index in [0.29, 0.717) is 33.0 Å². The first-order chi connectivity index (χ1) is 18.2. The van der Waals surface area contributed by atoms with Crippen LogP contribution in [0.1, 0.15) is 29.5 Å². The highest BCUT2D eigenvalue weighted by Crippen LogP contribution is 2.29. The molecule has 3 heterocycles. The zero-order valence-electron chi connectivity index (χ0n) is 20.8. The number of aromatic nitrogens is 3. The number of nitrogens with zero attached hydrogens (tertiary/aromatic N) is 4. The predicted molar refractivity (Wildman–Crippen MR) is 143 cm³/mol. The number of halogens is 2. The maximum absolute atomic E-state index is 14.4. The average Bonchev–Trinajstić information content (AvgIpc) is 3.45. The number of Topliss-reactive ketones (excluding diaryl/α,β-unsaturated/α-hetero) is 1. The van der Waals surface area contributed by atoms with Crippen molar-refractivity contribution in [1.82, 2.24) is 19.4 Å². The van der Waals surface area contributed by atoms with Gasteiger partial charge in [0, 0.05) is 57.8 Å². The molecule has 2 aromatic carbocycles. The summed E-state index contributed by atoms with van der Waals surface area (Å²) in [4.78, 5) is 48.5. The summed E-state index contributed by atoms with van der Waals surface area (Å²) in [5, 5.41) is 3.85. The Balaban J connectivity index is 1.41. The van der Waals surface area contributed by atoms with Crippen LogP contribution in [0.5, 0.6) is 0 Å². The first-order valence-electron chi connectivity index (χ1n) is 12.1. The summed E-state index contributed by atoms with van der Waals surface area (Å²) in [5.74, 6) is -0.393. The fourth-order valence-corrected chi connectivity index (χ4v) is 4.96. The molecule has 0 radical (unpaired) electrons. The van der Waals surface area contributed by atoms with Gasteiger partial charge >= 0.3 is 0 Å². The van der Waals surface area contributed by atoms with Crippen LogP contribution >= 0.6 is 11.6 Å². The topological polar surface area (TPSA) is 97.2 Å². The third-order valence-corrected chi connectivity index (χ3v) is 6.88. The number of carbonyl (C=O) groups excluding carboxylic acids is 3. The Bertz CT molecular complexity index is 1550. The van der Waals surface area contributed by atoms with E-state index in [1.165, 1.54) is 11.8 Å². The lowest BCUT2D eigenvalue weighted by Crippen LogP contribution is -2.44. The molecule has 0 saturated carbocycles. The first-order valence-corrected chi connectivity index (χ1v) is 12.5. The minimum atomic E-state index is -1.32. The number of benzene rings is 2. The molecule has 8 nitrogen and oxygen atoms in total. The average molecular weight is 534 g/mol. The number of nitrogens with one attached hydrogen (secondary N) is 1. The number of aryl methyl sites for hydroxylation is 1. The maximum Gasteiger partial charge on any atom is 0.247 e. The summed E-state index contributed by atoms with van der Waals surface area (Å²) in [6.45, 7) is 2.94. The lowest BCUT2D eigenvalue weighted by atomic mass is 10.0. The Kier molecular flexibility index (Phi) is 6.94. The summed E-state index contributed by atoms with van der Waals surface area (Å²) >= 11 is 5.99. The number of rotatable bonds is 6. The Morgan fingerprint density at radius 2 is 1.87 bits per heavy atom. The monoisotopic (exact) mass is 533 g/mol. The molecule has 5 rings (SSSR count). The number of alkyl halides is 1. The van der Waals surface area contributed by atoms with Gasteiger partial charge in [-0.3, -0.25) is 14.4 Å². The fraction of sp³-hybridized carbons (Fsp3) is 0.250. The molecular formula is C28H25ClFN5O3. The molecular weight excluding hydrogens is 509 g/mol. The van der Waals surface area contributed by atoms with Crippen molar-refractivity contribution in [3.05, 3.63) is 77.5 Å². The minimum absolute atomic E-state index is 0.0920. The van der Waals surface area contributed by atoms with E-state index in [9.17, 15) is 18.8 Å². The minimum Gasteiger partial charge on any atom is -0.337 e. The highest BCUT2D eigenvalue weighted by molar-refractivity contribution is 6.30. The number of anilines is 1. The normalized spacial score (nSPS) is 17.1. The highest BCUT2D eigenvalue weighted by Gasteiger charge is 2.40. The second kappa shape index (κ2) is 10.3. The zero-order chi connectivity index (χ0) is 27.0. The molecule has 1 fully saturated rings. The van der Waals surface area contributed by atoms with Crippen LogP contribution in [-0.4, -0.2) is 55.8 Å². The van der Waals surface area contributed by atoms with Crippen molar-refractivity contribution in [3.63, 3.8) is 0 Å². The predicted octanol–water partition coefficient (Wildman–Crippen LogP) is 4.84. The number of carbonyl (C=O) groups is 3. The van der Waals surface area contributed by atoms with Crippen LogP contribution < -0.4 is 5.32 Å². The second-order valence-electron chi connectivity index (χ2n) is 9.37. The Hall–Kier alpha value is -4.11. The van der Waals surface area contributed by atoms with Crippen LogP contribution in [0.25, 0.3) is 22.0 Å². The van der Waals surface area contributed by atoms with Crippen molar-refractivity contribution >= 4 is 45.8 Å². The van der Waals surface area contributed by atoms with Gasteiger partial charge in [-0.05, 0) is 49.7 Å². The van der Waals surface area contributed by atoms with Crippen molar-refractivity contribution < 1.29 is 18.8 Å². The van der Waals surface area contributed by atoms with Crippen LogP contribution in [-0.2, 0) is 16.1 Å². The number of fused-ring (bicyclic) bond motifs is 1. The lowest BCUT2D eigenvalue weighted by molar-refractivity contribution is -0.137. The highest BCUT2D eigenvalue weighted by atomic mass is 35.5. The van der Waals surface area contributed by atoms with E-state index < -0.39 is 24.0 Å². The molecule has 10 heteroatoms. The van der Waals surface area contributed by atoms with E-state index in [1.54, 1.807) is 54.3 Å². The van der Waals surface area contributed by atoms with Gasteiger partial charge in [0.25, 0.3) is 0 Å². The molecule has 0 spiro atoms. The van der Waals surface area contributed by atoms with Crippen LogP contribution in [0.4, 0.5) is 10.1 Å². The van der Waals surface area contributed by atoms with Gasteiger partial charge in [0.05, 0.1) is 6.54 Å². The molecule has 1 saturated heterocycles. The summed E-state index contributed by atoms with van der Waals surface area (Å²) in [5.41, 5.74) is 3.24. The zero-order valence-corrected chi connectivity index (χ0v) is 21.6. The Labute approximate surface area is 223 Å². The van der Waals surface area contributed by atoms with Gasteiger partial charge in [-0.15, -0.1) is 0 Å². The molecule has 1 aliphatic heterocycles. The van der Waals surface area contributed by atoms with Crippen LogP contribution in [0.2, 0.25) is 5.02 Å². The van der Waals surface area contributed by atoms with Gasteiger partial charge in [0.1, 0.15) is 24.6 Å². The molecule has 194 valence electrons. The third kappa shape index (κ3) is 5.15. The molecule has 1 N–H and O–H groups in total. The van der Waals surface area contributed by atoms with E-state index in [1.807, 2.05) is 18.2 Å². The third-order valence-electron chi connectivity index (χ3n) is 6.65. The lowest BCUT2D eigenvalue weighted by Gasteiger charge is -2.24. The largest absolute Gasteiger partial charge is 0.337 e. The Morgan fingerprint density at radius 1 is 1.11 bits per heavy atom. The number of hydrogen-bond acceptors (Lipinski definition) is 5. The number of amides is 2. The number of hydrogen-bond donors (Lipinski definition) is 1. The molecule has 2 atom stereocenters. The van der Waals surface area contributed by atoms with Crippen molar-refractivity contribution in [2.75, 3.05) is 11.9 Å². The smallest absolute Gasteiger partial charge is 0.247 e. The van der Waals surface area contributed by atoms with Crippen molar-refractivity contribution in [2.45, 2.75) is 39.0 Å². The fourth-order valence-electron chi connectivity index (χ4n) is 4.77. The molecule has 2 amide bonds. The van der Waals surface area contributed by atoms with Crippen molar-refractivity contribution in [2.24, 2.45) is 0 Å². The summed E-state index contributed by atoms with van der Waals surface area (Å²) in [6, 6.07) is 11.2. The maximum atomic E-state index is 14.4. The molecule has 0 aliphatic carbocycles. The van der Waals surface area contributed by atoms with Crippen LogP contribution in [0.3, 0.4) is 0 Å². The van der Waals surface area contributed by atoms with E-state index in [0.717, 1.165) is 11.1 Å². The van der Waals surface area contributed by atoms with E-state index in [2.05, 4.69) is 15.3 Å². The van der Waals surface area contributed by atoms with E-state index in [4.69, 9.17) is 11.6 Å². The van der Waals surface area contributed by atoms with Crippen molar-refractivity contribution in [3.8, 4) is 11.1 Å². The van der Waals surface area contributed by atoms with Crippen LogP contribution in [0, 0.1) is 6.92 Å². The standard InChI is InChI=1S/C28H25ClFN5O3/c1-16(36)24-14-34(25-7-6-18(8-23(24)25)19-11-31-17(2)32-12-19)15-27(37)35-13-21(30)10-26(35)28(38)33-22-5-3-4-20(29)9-22/h3-9,11-12,14,21,26H,10,13,15H2,1-2H3,(H,33,38)/t21-,26+/m1/s1. The SMILES string of the molecule is CC(=O)c1cn(CC(=O)N2C[C@H](F)C[C@H]2C(=O)Nc2cccc(Cl)c2)c2ccc(-c3cnc(C)nc3)cc12. The molecule has 38 heavy (non-hydrogen) atoms. The van der Waals surface area contributed by atoms with Gasteiger partial charge < -0.3 is 14.8 Å². The number of likely N-dealkylation sites (tertiary alicyclic amines) is 1. The first kappa shape index (κ1) is 25.5. The molecule has 0 unspecified atom stereocenters. The summed E-state index contributed by atoms with van der Waals surface area (Å²) in [7, 11) is 0. The molecule has 0 bridgehead atoms. The van der Waals surface area contributed by atoms with E-state index in [-0.39, 0.29) is 25.3 Å². The van der Waals surface area contributed by atoms with Gasteiger partial charge in [-0.2, -0.15) is 0 Å². The van der Waals surface area contributed by atoms with Gasteiger partial charge in [-0.1, -0.05) is 23.7 Å². The van der Waals surface area contributed by atoms with Crippen molar-refractivity contribution in [1.29, 1.82) is 0 Å². The molecule has 4 aromatic rings. The van der Waals surface area contributed by atoms with E-state index >= 15 is 0 Å². The quantitative estimate of drug-likeness (QED) is 0.358. The molecule has 1 aliphatic rings. The van der Waals surface area contributed by atoms with Crippen LogP contribution in [0.15, 0.2) is 61.1 Å².